The van der Waals surface area contributed by atoms with Crippen LogP contribution < -0.4 is 20.7 Å². The molecule has 0 atom stereocenters. The molecule has 0 amide bonds. The van der Waals surface area contributed by atoms with Gasteiger partial charge in [0.25, 0.3) is 0 Å². The number of pyridine rings is 1. The lowest BCUT2D eigenvalue weighted by Crippen LogP contribution is -2.27. The van der Waals surface area contributed by atoms with Crippen molar-refractivity contribution in [2.45, 2.75) is 12.7 Å². The SMILES string of the molecule is CN(c1ncccc1CNc1nc(Nc2cccc(C(=N)N)c2)ncc1C(F)(F)F)S(C)(=O)=O. The molecule has 0 aliphatic heterocycles. The first-order valence-corrected chi connectivity index (χ1v) is 11.5. The third kappa shape index (κ3) is 5.89. The van der Waals surface area contributed by atoms with E-state index in [1.807, 2.05) is 0 Å². The highest BCUT2D eigenvalue weighted by molar-refractivity contribution is 7.92. The molecule has 0 saturated carbocycles. The second kappa shape index (κ2) is 9.51. The third-order valence-corrected chi connectivity index (χ3v) is 5.80. The van der Waals surface area contributed by atoms with E-state index in [9.17, 15) is 21.6 Å². The van der Waals surface area contributed by atoms with Gasteiger partial charge >= 0.3 is 6.18 Å². The molecule has 0 aliphatic rings. The van der Waals surface area contributed by atoms with Crippen LogP contribution in [0.15, 0.2) is 48.8 Å². The van der Waals surface area contributed by atoms with Crippen molar-refractivity contribution in [2.75, 3.05) is 28.2 Å². The summed E-state index contributed by atoms with van der Waals surface area (Å²) in [7, 11) is -2.34. The van der Waals surface area contributed by atoms with Gasteiger partial charge in [0, 0.05) is 42.8 Å². The fourth-order valence-corrected chi connectivity index (χ4v) is 3.34. The number of amidine groups is 1. The van der Waals surface area contributed by atoms with Crippen LogP contribution in [-0.2, 0) is 22.7 Å². The van der Waals surface area contributed by atoms with Crippen molar-refractivity contribution < 1.29 is 21.6 Å². The van der Waals surface area contributed by atoms with Crippen molar-refractivity contribution in [3.63, 3.8) is 0 Å². The van der Waals surface area contributed by atoms with Crippen LogP contribution in [0.4, 0.5) is 36.4 Å². The zero-order valence-corrected chi connectivity index (χ0v) is 18.9. The van der Waals surface area contributed by atoms with Gasteiger partial charge in [-0.25, -0.2) is 18.4 Å². The first-order chi connectivity index (χ1) is 15.9. The van der Waals surface area contributed by atoms with E-state index < -0.39 is 27.6 Å². The van der Waals surface area contributed by atoms with Crippen molar-refractivity contribution in [3.05, 3.63) is 65.5 Å². The summed E-state index contributed by atoms with van der Waals surface area (Å²) in [6, 6.07) is 9.44. The van der Waals surface area contributed by atoms with Gasteiger partial charge in [-0.2, -0.15) is 18.2 Å². The molecule has 14 heteroatoms. The number of nitrogens with two attached hydrogens (primary N) is 1. The minimum Gasteiger partial charge on any atom is -0.384 e. The molecule has 3 aromatic rings. The molecule has 0 spiro atoms. The normalized spacial score (nSPS) is 11.7. The number of nitrogens with one attached hydrogen (secondary N) is 3. The fraction of sp³-hybridized carbons (Fsp3) is 0.200. The lowest BCUT2D eigenvalue weighted by molar-refractivity contribution is -0.137. The largest absolute Gasteiger partial charge is 0.421 e. The molecule has 0 fully saturated rings. The van der Waals surface area contributed by atoms with Gasteiger partial charge in [-0.1, -0.05) is 18.2 Å². The van der Waals surface area contributed by atoms with E-state index in [0.29, 0.717) is 23.0 Å². The average Bonchev–Trinajstić information content (AvgIpc) is 2.76. The van der Waals surface area contributed by atoms with E-state index in [1.165, 1.54) is 31.4 Å². The number of hydrogen-bond donors (Lipinski definition) is 4. The van der Waals surface area contributed by atoms with Gasteiger partial charge in [0.15, 0.2) is 0 Å². The zero-order chi connectivity index (χ0) is 25.1. The Morgan fingerprint density at radius 1 is 1.21 bits per heavy atom. The maximum atomic E-state index is 13.6. The molecule has 1 aromatic carbocycles. The molecule has 0 radical (unpaired) electrons. The third-order valence-electron chi connectivity index (χ3n) is 4.63. The summed E-state index contributed by atoms with van der Waals surface area (Å²) in [6.45, 7) is -0.192. The predicted molar refractivity (Wildman–Crippen MR) is 123 cm³/mol. The van der Waals surface area contributed by atoms with E-state index in [0.717, 1.165) is 10.6 Å². The maximum Gasteiger partial charge on any atom is 0.421 e. The molecule has 10 nitrogen and oxygen atoms in total. The molecule has 0 aliphatic carbocycles. The van der Waals surface area contributed by atoms with Crippen LogP contribution in [0, 0.1) is 5.41 Å². The quantitative estimate of drug-likeness (QED) is 0.276. The van der Waals surface area contributed by atoms with Gasteiger partial charge in [0.1, 0.15) is 23.0 Å². The van der Waals surface area contributed by atoms with Crippen molar-refractivity contribution in [3.8, 4) is 0 Å². The number of nitrogens with zero attached hydrogens (tertiary/aromatic N) is 4. The fourth-order valence-electron chi connectivity index (χ4n) is 2.87. The van der Waals surface area contributed by atoms with Crippen molar-refractivity contribution in [2.24, 2.45) is 5.73 Å². The van der Waals surface area contributed by atoms with Gasteiger partial charge in [-0.3, -0.25) is 9.71 Å². The van der Waals surface area contributed by atoms with Gasteiger partial charge in [0.05, 0.1) is 6.26 Å². The highest BCUT2D eigenvalue weighted by Crippen LogP contribution is 2.34. The zero-order valence-electron chi connectivity index (χ0n) is 18.1. The summed E-state index contributed by atoms with van der Waals surface area (Å²) in [5, 5.41) is 12.9. The number of rotatable bonds is 8. The first-order valence-electron chi connectivity index (χ1n) is 9.63. The van der Waals surface area contributed by atoms with E-state index in [2.05, 4.69) is 25.6 Å². The molecule has 34 heavy (non-hydrogen) atoms. The lowest BCUT2D eigenvalue weighted by atomic mass is 10.2. The molecule has 0 unspecified atom stereocenters. The summed E-state index contributed by atoms with van der Waals surface area (Å²) >= 11 is 0. The number of benzene rings is 1. The number of aromatic nitrogens is 3. The highest BCUT2D eigenvalue weighted by Gasteiger charge is 2.35. The second-order valence-electron chi connectivity index (χ2n) is 7.14. The summed E-state index contributed by atoms with van der Waals surface area (Å²) in [5.41, 5.74) is 5.54. The topological polar surface area (TPSA) is 150 Å². The number of halogens is 3. The Hall–Kier alpha value is -3.94. The molecule has 5 N–H and O–H groups in total. The van der Waals surface area contributed by atoms with Crippen LogP contribution in [-0.4, -0.2) is 42.5 Å². The molecule has 2 aromatic heterocycles. The van der Waals surface area contributed by atoms with Crippen LogP contribution in [0.25, 0.3) is 0 Å². The monoisotopic (exact) mass is 494 g/mol. The number of alkyl halides is 3. The second-order valence-corrected chi connectivity index (χ2v) is 9.16. The number of anilines is 4. The van der Waals surface area contributed by atoms with Crippen LogP contribution >= 0.6 is 0 Å². The lowest BCUT2D eigenvalue weighted by Gasteiger charge is -2.20. The molecule has 3 rings (SSSR count). The van der Waals surface area contributed by atoms with Gasteiger partial charge in [-0.05, 0) is 18.2 Å². The molecule has 2 heterocycles. The Morgan fingerprint density at radius 2 is 1.94 bits per heavy atom. The standard InChI is InChI=1S/C20H21F3N8O2S/c1-31(34(2,32)33)18-13(6-4-8-26-18)10-27-17-15(20(21,22)23)11-28-19(30-17)29-14-7-3-5-12(9-14)16(24)25/h3-9,11H,10H2,1-2H3,(H3,24,25)(H2,27,28,29,30). The Labute approximate surface area is 193 Å². The van der Waals surface area contributed by atoms with Crippen LogP contribution in [0.1, 0.15) is 16.7 Å². The Morgan fingerprint density at radius 3 is 2.59 bits per heavy atom. The average molecular weight is 495 g/mol. The summed E-state index contributed by atoms with van der Waals surface area (Å²) < 4.78 is 65.4. The highest BCUT2D eigenvalue weighted by atomic mass is 32.2. The van der Waals surface area contributed by atoms with Gasteiger partial charge in [0.2, 0.25) is 16.0 Å². The minimum absolute atomic E-state index is 0.0690. The first kappa shape index (κ1) is 24.7. The van der Waals surface area contributed by atoms with Crippen LogP contribution in [0.3, 0.4) is 0 Å². The Kier molecular flexibility index (Phi) is 6.91. The van der Waals surface area contributed by atoms with Crippen molar-refractivity contribution in [1.82, 2.24) is 15.0 Å². The number of nitrogen functional groups attached to an aromatic ring is 1. The Balaban J connectivity index is 1.92. The number of hydrogen-bond acceptors (Lipinski definition) is 8. The summed E-state index contributed by atoms with van der Waals surface area (Å²) in [4.78, 5) is 11.7. The van der Waals surface area contributed by atoms with E-state index in [1.54, 1.807) is 18.2 Å². The van der Waals surface area contributed by atoms with Crippen LogP contribution in [0.5, 0.6) is 0 Å². The molecular formula is C20H21F3N8O2S. The summed E-state index contributed by atoms with van der Waals surface area (Å²) in [5.74, 6) is -0.745. The smallest absolute Gasteiger partial charge is 0.384 e. The molecular weight excluding hydrogens is 473 g/mol. The van der Waals surface area contributed by atoms with E-state index in [-0.39, 0.29) is 24.1 Å². The predicted octanol–water partition coefficient (Wildman–Crippen LogP) is 2.93. The molecule has 0 bridgehead atoms. The number of sulfonamides is 1. The van der Waals surface area contributed by atoms with Crippen molar-refractivity contribution >= 4 is 39.1 Å². The van der Waals surface area contributed by atoms with E-state index >= 15 is 0 Å². The van der Waals surface area contributed by atoms with Gasteiger partial charge < -0.3 is 16.4 Å². The summed E-state index contributed by atoms with van der Waals surface area (Å²) in [6.07, 6.45) is -1.73. The van der Waals surface area contributed by atoms with Crippen molar-refractivity contribution in [1.29, 1.82) is 5.41 Å². The minimum atomic E-state index is -4.74. The maximum absolute atomic E-state index is 13.6. The van der Waals surface area contributed by atoms with Crippen LogP contribution in [0.2, 0.25) is 0 Å². The van der Waals surface area contributed by atoms with Gasteiger partial charge in [-0.15, -0.1) is 0 Å². The Bertz CT molecular complexity index is 1320. The molecule has 180 valence electrons. The molecule has 0 saturated heterocycles. The van der Waals surface area contributed by atoms with E-state index in [4.69, 9.17) is 11.1 Å².